The van der Waals surface area contributed by atoms with E-state index in [4.69, 9.17) is 4.74 Å². The van der Waals surface area contributed by atoms with E-state index in [9.17, 15) is 4.79 Å². The predicted molar refractivity (Wildman–Crippen MR) is 72.7 cm³/mol. The van der Waals surface area contributed by atoms with Gasteiger partial charge in [-0.3, -0.25) is 4.79 Å². The number of esters is 1. The van der Waals surface area contributed by atoms with Gasteiger partial charge in [0.1, 0.15) is 6.61 Å². The second kappa shape index (κ2) is 12.7. The SMILES string of the molecule is CC(=O)OCc1ccccc1C.CCC.CN. The van der Waals surface area contributed by atoms with Crippen LogP contribution in [0.25, 0.3) is 0 Å². The van der Waals surface area contributed by atoms with Crippen LogP contribution in [0.5, 0.6) is 0 Å². The molecule has 0 aliphatic heterocycles. The molecule has 0 fully saturated rings. The highest BCUT2D eigenvalue weighted by Crippen LogP contribution is 2.07. The third-order valence-corrected chi connectivity index (χ3v) is 1.69. The third-order valence-electron chi connectivity index (χ3n) is 1.69. The van der Waals surface area contributed by atoms with Crippen LogP contribution in [0, 0.1) is 6.92 Å². The van der Waals surface area contributed by atoms with E-state index in [1.54, 1.807) is 0 Å². The lowest BCUT2D eigenvalue weighted by Crippen LogP contribution is -1.99. The van der Waals surface area contributed by atoms with Gasteiger partial charge in [0.15, 0.2) is 0 Å². The van der Waals surface area contributed by atoms with Gasteiger partial charge in [-0.25, -0.2) is 0 Å². The number of benzene rings is 1. The van der Waals surface area contributed by atoms with Crippen LogP contribution in [0.3, 0.4) is 0 Å². The molecule has 0 amide bonds. The molecule has 3 nitrogen and oxygen atoms in total. The second-order valence-corrected chi connectivity index (χ2v) is 3.41. The molecule has 0 radical (unpaired) electrons. The Morgan fingerprint density at radius 2 is 1.71 bits per heavy atom. The van der Waals surface area contributed by atoms with Gasteiger partial charge in [0, 0.05) is 6.92 Å². The van der Waals surface area contributed by atoms with Gasteiger partial charge in [0.2, 0.25) is 0 Å². The molecule has 0 atom stereocenters. The molecule has 1 aromatic carbocycles. The Morgan fingerprint density at radius 1 is 1.24 bits per heavy atom. The van der Waals surface area contributed by atoms with Crippen LogP contribution in [0.15, 0.2) is 24.3 Å². The molecule has 0 bridgehead atoms. The quantitative estimate of drug-likeness (QED) is 0.807. The maximum atomic E-state index is 10.5. The molecular formula is C14H25NO2. The first-order chi connectivity index (χ1) is 8.11. The van der Waals surface area contributed by atoms with Crippen molar-refractivity contribution in [2.45, 2.75) is 40.7 Å². The van der Waals surface area contributed by atoms with Gasteiger partial charge in [-0.2, -0.15) is 0 Å². The number of aryl methyl sites for hydroxylation is 1. The van der Waals surface area contributed by atoms with Gasteiger partial charge in [0.05, 0.1) is 0 Å². The van der Waals surface area contributed by atoms with E-state index in [0.29, 0.717) is 6.61 Å². The number of ether oxygens (including phenoxy) is 1. The molecule has 0 aromatic heterocycles. The van der Waals surface area contributed by atoms with Crippen LogP contribution < -0.4 is 5.73 Å². The molecule has 0 unspecified atom stereocenters. The van der Waals surface area contributed by atoms with Gasteiger partial charge in [-0.1, -0.05) is 44.5 Å². The minimum atomic E-state index is -0.238. The van der Waals surface area contributed by atoms with Crippen LogP contribution in [-0.2, 0) is 16.1 Å². The van der Waals surface area contributed by atoms with Gasteiger partial charge in [-0.15, -0.1) is 0 Å². The highest BCUT2D eigenvalue weighted by molar-refractivity contribution is 5.65. The van der Waals surface area contributed by atoms with Crippen molar-refractivity contribution in [2.75, 3.05) is 7.05 Å². The van der Waals surface area contributed by atoms with Crippen LogP contribution in [-0.4, -0.2) is 13.0 Å². The monoisotopic (exact) mass is 239 g/mol. The fourth-order valence-electron chi connectivity index (χ4n) is 0.951. The lowest BCUT2D eigenvalue weighted by atomic mass is 10.1. The van der Waals surface area contributed by atoms with Crippen molar-refractivity contribution in [1.29, 1.82) is 0 Å². The van der Waals surface area contributed by atoms with Crippen molar-refractivity contribution < 1.29 is 9.53 Å². The first-order valence-electron chi connectivity index (χ1n) is 5.87. The summed E-state index contributed by atoms with van der Waals surface area (Å²) in [6.07, 6.45) is 1.25. The van der Waals surface area contributed by atoms with Crippen LogP contribution in [0.2, 0.25) is 0 Å². The summed E-state index contributed by atoms with van der Waals surface area (Å²) in [4.78, 5) is 10.5. The first kappa shape index (κ1) is 18.0. The summed E-state index contributed by atoms with van der Waals surface area (Å²) in [7, 11) is 1.50. The topological polar surface area (TPSA) is 52.3 Å². The summed E-state index contributed by atoms with van der Waals surface area (Å²) in [6.45, 7) is 8.04. The van der Waals surface area contributed by atoms with Crippen LogP contribution in [0.4, 0.5) is 0 Å². The summed E-state index contributed by atoms with van der Waals surface area (Å²) in [5, 5.41) is 0. The zero-order valence-corrected chi connectivity index (χ0v) is 11.6. The standard InChI is InChI=1S/C10H12O2.C3H8.CH5N/c1-8-5-3-4-6-10(8)7-12-9(2)11;1-3-2;1-2/h3-6H,7H2,1-2H3;3H2,1-2H3;2H2,1H3. The average Bonchev–Trinajstić information content (AvgIpc) is 2.31. The second-order valence-electron chi connectivity index (χ2n) is 3.41. The van der Waals surface area contributed by atoms with Crippen molar-refractivity contribution in [1.82, 2.24) is 0 Å². The Bertz CT molecular complexity index is 298. The normalized spacial score (nSPS) is 8.12. The number of rotatable bonds is 2. The van der Waals surface area contributed by atoms with Crippen molar-refractivity contribution in [2.24, 2.45) is 5.73 Å². The lowest BCUT2D eigenvalue weighted by molar-refractivity contribution is -0.142. The number of nitrogens with two attached hydrogens (primary N) is 1. The number of hydrogen-bond acceptors (Lipinski definition) is 3. The molecule has 1 rings (SSSR count). The molecular weight excluding hydrogens is 214 g/mol. The van der Waals surface area contributed by atoms with Gasteiger partial charge in [0.25, 0.3) is 0 Å². The Labute approximate surface area is 105 Å². The molecule has 2 N–H and O–H groups in total. The molecule has 0 heterocycles. The summed E-state index contributed by atoms with van der Waals surface area (Å²) in [5.74, 6) is -0.238. The van der Waals surface area contributed by atoms with Crippen molar-refractivity contribution in [3.8, 4) is 0 Å². The summed E-state index contributed by atoms with van der Waals surface area (Å²) < 4.78 is 4.87. The van der Waals surface area contributed by atoms with Crippen LogP contribution in [0.1, 0.15) is 38.3 Å². The molecule has 0 aliphatic carbocycles. The maximum absolute atomic E-state index is 10.5. The van der Waals surface area contributed by atoms with E-state index in [1.807, 2.05) is 31.2 Å². The van der Waals surface area contributed by atoms with E-state index in [1.165, 1.54) is 20.4 Å². The van der Waals surface area contributed by atoms with Crippen LogP contribution >= 0.6 is 0 Å². The Kier molecular flexibility index (Phi) is 13.5. The maximum Gasteiger partial charge on any atom is 0.302 e. The van der Waals surface area contributed by atoms with Gasteiger partial charge < -0.3 is 10.5 Å². The zero-order chi connectivity index (χ0) is 13.7. The zero-order valence-electron chi connectivity index (χ0n) is 11.6. The molecule has 1 aromatic rings. The van der Waals surface area contributed by atoms with E-state index in [0.717, 1.165) is 11.1 Å². The number of hydrogen-bond donors (Lipinski definition) is 1. The molecule has 0 saturated carbocycles. The summed E-state index contributed by atoms with van der Waals surface area (Å²) >= 11 is 0. The molecule has 98 valence electrons. The summed E-state index contributed by atoms with van der Waals surface area (Å²) in [6, 6.07) is 7.86. The fourth-order valence-corrected chi connectivity index (χ4v) is 0.951. The van der Waals surface area contributed by atoms with E-state index < -0.39 is 0 Å². The molecule has 17 heavy (non-hydrogen) atoms. The first-order valence-corrected chi connectivity index (χ1v) is 5.87. The van der Waals surface area contributed by atoms with E-state index >= 15 is 0 Å². The van der Waals surface area contributed by atoms with Crippen molar-refractivity contribution in [3.63, 3.8) is 0 Å². The van der Waals surface area contributed by atoms with Crippen molar-refractivity contribution >= 4 is 5.97 Å². The molecule has 0 saturated heterocycles. The van der Waals surface area contributed by atoms with E-state index in [2.05, 4.69) is 19.6 Å². The fraction of sp³-hybridized carbons (Fsp3) is 0.500. The molecule has 3 heteroatoms. The highest BCUT2D eigenvalue weighted by Gasteiger charge is 1.98. The van der Waals surface area contributed by atoms with Gasteiger partial charge >= 0.3 is 5.97 Å². The minimum absolute atomic E-state index is 0.238. The largest absolute Gasteiger partial charge is 0.461 e. The Balaban J connectivity index is 0. The highest BCUT2D eigenvalue weighted by atomic mass is 16.5. The van der Waals surface area contributed by atoms with E-state index in [-0.39, 0.29) is 5.97 Å². The lowest BCUT2D eigenvalue weighted by Gasteiger charge is -2.04. The minimum Gasteiger partial charge on any atom is -0.461 e. The molecule has 0 spiro atoms. The smallest absolute Gasteiger partial charge is 0.302 e. The Hall–Kier alpha value is -1.35. The average molecular weight is 239 g/mol. The number of carbonyl (C=O) groups excluding carboxylic acids is 1. The molecule has 0 aliphatic rings. The Morgan fingerprint density at radius 3 is 2.12 bits per heavy atom. The van der Waals surface area contributed by atoms with Crippen molar-refractivity contribution in [3.05, 3.63) is 35.4 Å². The predicted octanol–water partition coefficient (Wildman–Crippen LogP) is 3.05. The summed E-state index contributed by atoms with van der Waals surface area (Å²) in [5.41, 5.74) is 6.71. The van der Waals surface area contributed by atoms with Gasteiger partial charge in [-0.05, 0) is 25.1 Å². The third kappa shape index (κ3) is 10.9. The number of carbonyl (C=O) groups is 1.